The van der Waals surface area contributed by atoms with Gasteiger partial charge in [0.05, 0.1) is 19.6 Å². The summed E-state index contributed by atoms with van der Waals surface area (Å²) in [6, 6.07) is 5.55. The summed E-state index contributed by atoms with van der Waals surface area (Å²) >= 11 is 0. The van der Waals surface area contributed by atoms with Crippen LogP contribution in [-0.2, 0) is 14.3 Å². The maximum Gasteiger partial charge on any atom is 0.414 e. The first-order chi connectivity index (χ1) is 15.1. The van der Waals surface area contributed by atoms with Crippen molar-refractivity contribution in [1.29, 1.82) is 0 Å². The first-order valence-corrected chi connectivity index (χ1v) is 11.2. The van der Waals surface area contributed by atoms with Gasteiger partial charge in [-0.2, -0.15) is 0 Å². The maximum absolute atomic E-state index is 12.7. The van der Waals surface area contributed by atoms with E-state index in [1.807, 2.05) is 18.2 Å². The molecule has 1 saturated heterocycles. The standard InChI is InChI=1S/C24H33NO7/c1-24(2,3)32-21(26)13-16-11-17(14-25(22(16)27)23(28)29)15-9-10-19(30-4)20(12-15)31-18-7-5-6-8-18/h9-10,12,16-18H,5-8,11,13-14H2,1-4H3,(H,28,29). The van der Waals surface area contributed by atoms with E-state index >= 15 is 0 Å². The van der Waals surface area contributed by atoms with Gasteiger partial charge >= 0.3 is 12.1 Å². The van der Waals surface area contributed by atoms with Gasteiger partial charge in [-0.25, -0.2) is 9.69 Å². The lowest BCUT2D eigenvalue weighted by Crippen LogP contribution is -2.48. The van der Waals surface area contributed by atoms with Gasteiger partial charge in [0, 0.05) is 18.4 Å². The molecule has 1 aliphatic heterocycles. The van der Waals surface area contributed by atoms with E-state index in [1.54, 1.807) is 27.9 Å². The molecule has 1 saturated carbocycles. The third-order valence-corrected chi connectivity index (χ3v) is 5.91. The molecule has 2 fully saturated rings. The minimum absolute atomic E-state index is 0.0359. The Kier molecular flexibility index (Phi) is 7.31. The Labute approximate surface area is 188 Å². The summed E-state index contributed by atoms with van der Waals surface area (Å²) in [7, 11) is 1.58. The Bertz CT molecular complexity index is 854. The molecule has 1 aromatic rings. The highest BCUT2D eigenvalue weighted by Crippen LogP contribution is 2.38. The fraction of sp³-hybridized carbons (Fsp3) is 0.625. The number of carbonyl (C=O) groups excluding carboxylic acids is 2. The van der Waals surface area contributed by atoms with E-state index in [9.17, 15) is 19.5 Å². The van der Waals surface area contributed by atoms with Crippen LogP contribution in [0.25, 0.3) is 0 Å². The number of imide groups is 1. The summed E-state index contributed by atoms with van der Waals surface area (Å²) in [4.78, 5) is 37.6. The number of carbonyl (C=O) groups is 3. The molecule has 0 radical (unpaired) electrons. The van der Waals surface area contributed by atoms with Crippen LogP contribution in [0.3, 0.4) is 0 Å². The number of nitrogens with zero attached hydrogens (tertiary/aromatic N) is 1. The number of hydrogen-bond acceptors (Lipinski definition) is 6. The van der Waals surface area contributed by atoms with E-state index in [1.165, 1.54) is 0 Å². The molecule has 0 bridgehead atoms. The lowest BCUT2D eigenvalue weighted by molar-refractivity contribution is -0.159. The summed E-state index contributed by atoms with van der Waals surface area (Å²) < 4.78 is 17.0. The van der Waals surface area contributed by atoms with Crippen molar-refractivity contribution in [2.75, 3.05) is 13.7 Å². The number of rotatable bonds is 6. The van der Waals surface area contributed by atoms with E-state index in [0.29, 0.717) is 17.9 Å². The summed E-state index contributed by atoms with van der Waals surface area (Å²) in [5.74, 6) is -0.848. The predicted octanol–water partition coefficient (Wildman–Crippen LogP) is 4.36. The second-order valence-electron chi connectivity index (χ2n) is 9.59. The van der Waals surface area contributed by atoms with Gasteiger partial charge in [0.2, 0.25) is 5.91 Å². The van der Waals surface area contributed by atoms with E-state index < -0.39 is 29.5 Å². The SMILES string of the molecule is COc1ccc(C2CC(CC(=O)OC(C)(C)C)C(=O)N(C(=O)O)C2)cc1OC1CCCC1. The Morgan fingerprint density at radius 2 is 1.84 bits per heavy atom. The highest BCUT2D eigenvalue weighted by molar-refractivity contribution is 5.95. The molecular weight excluding hydrogens is 414 g/mol. The topological polar surface area (TPSA) is 102 Å². The molecule has 32 heavy (non-hydrogen) atoms. The van der Waals surface area contributed by atoms with Crippen LogP contribution < -0.4 is 9.47 Å². The fourth-order valence-corrected chi connectivity index (χ4v) is 4.44. The van der Waals surface area contributed by atoms with Gasteiger partial charge in [-0.1, -0.05) is 6.07 Å². The largest absolute Gasteiger partial charge is 0.493 e. The molecule has 0 spiro atoms. The molecule has 3 rings (SSSR count). The van der Waals surface area contributed by atoms with Gasteiger partial charge in [0.15, 0.2) is 11.5 Å². The first-order valence-electron chi connectivity index (χ1n) is 11.2. The quantitative estimate of drug-likeness (QED) is 0.647. The number of piperidine rings is 1. The number of carboxylic acid groups (broad SMARTS) is 1. The first kappa shape index (κ1) is 23.9. The van der Waals surface area contributed by atoms with Crippen molar-refractivity contribution in [2.45, 2.75) is 76.9 Å². The van der Waals surface area contributed by atoms with Crippen LogP contribution in [0.1, 0.15) is 70.8 Å². The van der Waals surface area contributed by atoms with E-state index in [4.69, 9.17) is 14.2 Å². The zero-order valence-corrected chi connectivity index (χ0v) is 19.3. The molecule has 8 heteroatoms. The van der Waals surface area contributed by atoms with Gasteiger partial charge in [-0.15, -0.1) is 0 Å². The second kappa shape index (κ2) is 9.79. The summed E-state index contributed by atoms with van der Waals surface area (Å²) in [5.41, 5.74) is 0.176. The third-order valence-electron chi connectivity index (χ3n) is 5.91. The molecule has 1 heterocycles. The molecule has 176 valence electrons. The van der Waals surface area contributed by atoms with E-state index in [-0.39, 0.29) is 25.0 Å². The van der Waals surface area contributed by atoms with Crippen molar-refractivity contribution in [1.82, 2.24) is 4.90 Å². The molecule has 1 aliphatic carbocycles. The summed E-state index contributed by atoms with van der Waals surface area (Å²) in [6.45, 7) is 5.30. The van der Waals surface area contributed by atoms with Crippen LogP contribution in [0, 0.1) is 5.92 Å². The Hall–Kier alpha value is -2.77. The smallest absolute Gasteiger partial charge is 0.414 e. The lowest BCUT2D eigenvalue weighted by Gasteiger charge is -2.35. The van der Waals surface area contributed by atoms with Crippen molar-refractivity contribution >= 4 is 18.0 Å². The normalized spacial score (nSPS) is 22.0. The van der Waals surface area contributed by atoms with Crippen LogP contribution in [-0.4, -0.2) is 53.3 Å². The van der Waals surface area contributed by atoms with Crippen LogP contribution >= 0.6 is 0 Å². The molecule has 2 unspecified atom stereocenters. The van der Waals surface area contributed by atoms with Gasteiger partial charge in [-0.3, -0.25) is 9.59 Å². The Balaban J connectivity index is 1.82. The van der Waals surface area contributed by atoms with E-state index in [2.05, 4.69) is 0 Å². The highest BCUT2D eigenvalue weighted by Gasteiger charge is 2.40. The predicted molar refractivity (Wildman–Crippen MR) is 117 cm³/mol. The number of methoxy groups -OCH3 is 1. The van der Waals surface area contributed by atoms with Crippen molar-refractivity contribution < 1.29 is 33.7 Å². The minimum atomic E-state index is -1.31. The molecule has 2 aliphatic rings. The van der Waals surface area contributed by atoms with Gasteiger partial charge < -0.3 is 19.3 Å². The average Bonchev–Trinajstić information content (AvgIpc) is 3.21. The van der Waals surface area contributed by atoms with Crippen molar-refractivity contribution in [3.63, 3.8) is 0 Å². The van der Waals surface area contributed by atoms with Crippen LogP contribution in [0.15, 0.2) is 18.2 Å². The number of benzene rings is 1. The zero-order chi connectivity index (χ0) is 23.5. The minimum Gasteiger partial charge on any atom is -0.493 e. The monoisotopic (exact) mass is 447 g/mol. The van der Waals surface area contributed by atoms with Crippen LogP contribution in [0.4, 0.5) is 4.79 Å². The zero-order valence-electron chi connectivity index (χ0n) is 19.3. The molecule has 0 aromatic heterocycles. The van der Waals surface area contributed by atoms with E-state index in [0.717, 1.165) is 36.1 Å². The number of esters is 1. The summed E-state index contributed by atoms with van der Waals surface area (Å²) in [6.07, 6.45) is 3.29. The molecule has 8 nitrogen and oxygen atoms in total. The molecule has 2 amide bonds. The molecule has 1 aromatic carbocycles. The lowest BCUT2D eigenvalue weighted by atomic mass is 9.82. The number of ether oxygens (including phenoxy) is 3. The van der Waals surface area contributed by atoms with Gasteiger partial charge in [0.25, 0.3) is 0 Å². The Morgan fingerprint density at radius 3 is 2.44 bits per heavy atom. The average molecular weight is 448 g/mol. The van der Waals surface area contributed by atoms with Gasteiger partial charge in [-0.05, 0) is 70.6 Å². The third kappa shape index (κ3) is 5.93. The van der Waals surface area contributed by atoms with Crippen LogP contribution in [0.5, 0.6) is 11.5 Å². The summed E-state index contributed by atoms with van der Waals surface area (Å²) in [5, 5.41) is 9.58. The van der Waals surface area contributed by atoms with Crippen molar-refractivity contribution in [3.05, 3.63) is 23.8 Å². The number of amides is 2. The maximum atomic E-state index is 12.7. The molecule has 2 atom stereocenters. The molecule has 1 N–H and O–H groups in total. The van der Waals surface area contributed by atoms with Crippen molar-refractivity contribution in [2.24, 2.45) is 5.92 Å². The fourth-order valence-electron chi connectivity index (χ4n) is 4.44. The van der Waals surface area contributed by atoms with Crippen molar-refractivity contribution in [3.8, 4) is 11.5 Å². The van der Waals surface area contributed by atoms with Gasteiger partial charge in [0.1, 0.15) is 5.60 Å². The highest BCUT2D eigenvalue weighted by atomic mass is 16.6. The number of hydrogen-bond donors (Lipinski definition) is 1. The second-order valence-corrected chi connectivity index (χ2v) is 9.59. The number of likely N-dealkylation sites (tertiary alicyclic amines) is 1. The Morgan fingerprint density at radius 1 is 1.16 bits per heavy atom. The van der Waals surface area contributed by atoms with Crippen LogP contribution in [0.2, 0.25) is 0 Å². The molecular formula is C24H33NO7.